The molecule has 1 aromatic rings. The summed E-state index contributed by atoms with van der Waals surface area (Å²) < 4.78 is 14.3. The van der Waals surface area contributed by atoms with Crippen LogP contribution in [0.15, 0.2) is 18.2 Å². The normalized spacial score (nSPS) is 24.1. The number of likely N-dealkylation sites (tertiary alicyclic amines) is 1. The van der Waals surface area contributed by atoms with E-state index in [1.54, 1.807) is 11.0 Å². The van der Waals surface area contributed by atoms with Gasteiger partial charge in [0.2, 0.25) is 5.91 Å². The molecule has 1 saturated carbocycles. The maximum atomic E-state index is 14.3. The van der Waals surface area contributed by atoms with Gasteiger partial charge in [-0.1, -0.05) is 12.8 Å². The summed E-state index contributed by atoms with van der Waals surface area (Å²) in [6, 6.07) is 4.44. The summed E-state index contributed by atoms with van der Waals surface area (Å²) in [5.74, 6) is -0.0877. The minimum absolute atomic E-state index is 0.0291. The van der Waals surface area contributed by atoms with Crippen LogP contribution in [0.5, 0.6) is 0 Å². The maximum absolute atomic E-state index is 14.3. The summed E-state index contributed by atoms with van der Waals surface area (Å²) in [4.78, 5) is 28.6. The summed E-state index contributed by atoms with van der Waals surface area (Å²) in [6.45, 7) is 3.58. The topological polar surface area (TPSA) is 52.7 Å². The Morgan fingerprint density at radius 3 is 2.70 bits per heavy atom. The van der Waals surface area contributed by atoms with Crippen LogP contribution in [0.1, 0.15) is 55.3 Å². The first-order valence-corrected chi connectivity index (χ1v) is 10.2. The summed E-state index contributed by atoms with van der Waals surface area (Å²) in [5.41, 5.74) is 0.639. The third-order valence-corrected chi connectivity index (χ3v) is 6.18. The summed E-state index contributed by atoms with van der Waals surface area (Å²) in [5, 5.41) is 3.00. The number of carbonyl (C=O) groups excluding carboxylic acids is 2. The van der Waals surface area contributed by atoms with Crippen LogP contribution in [-0.4, -0.2) is 48.9 Å². The van der Waals surface area contributed by atoms with Crippen LogP contribution < -0.4 is 10.2 Å². The lowest BCUT2D eigenvalue weighted by molar-refractivity contribution is -0.117. The molecule has 1 unspecified atom stereocenters. The van der Waals surface area contributed by atoms with E-state index in [1.807, 2.05) is 0 Å². The van der Waals surface area contributed by atoms with Crippen molar-refractivity contribution in [1.82, 2.24) is 10.2 Å². The van der Waals surface area contributed by atoms with Crippen molar-refractivity contribution in [3.05, 3.63) is 29.6 Å². The van der Waals surface area contributed by atoms with Crippen molar-refractivity contribution in [2.75, 3.05) is 31.1 Å². The van der Waals surface area contributed by atoms with Crippen LogP contribution in [-0.2, 0) is 4.79 Å². The number of nitrogens with one attached hydrogen (secondary N) is 1. The Morgan fingerprint density at radius 1 is 1.15 bits per heavy atom. The van der Waals surface area contributed by atoms with Crippen molar-refractivity contribution in [3.63, 3.8) is 0 Å². The number of hydrogen-bond donors (Lipinski definition) is 1. The molecule has 0 bridgehead atoms. The second-order valence-electron chi connectivity index (χ2n) is 8.18. The number of anilines is 1. The van der Waals surface area contributed by atoms with Gasteiger partial charge in [0.05, 0.1) is 5.56 Å². The number of rotatable bonds is 5. The highest BCUT2D eigenvalue weighted by molar-refractivity contribution is 5.99. The van der Waals surface area contributed by atoms with E-state index < -0.39 is 5.82 Å². The molecule has 0 aromatic heterocycles. The number of halogens is 1. The molecule has 1 aromatic carbocycles. The third kappa shape index (κ3) is 4.15. The molecule has 3 aliphatic rings. The molecule has 5 nitrogen and oxygen atoms in total. The van der Waals surface area contributed by atoms with E-state index in [-0.39, 0.29) is 23.4 Å². The van der Waals surface area contributed by atoms with Crippen LogP contribution in [0.25, 0.3) is 0 Å². The number of benzene rings is 1. The SMILES string of the molecule is O=C(NC1CCN(CC2CCCC2)C1)c1cc(N2CCCC2=O)ccc1F. The second-order valence-corrected chi connectivity index (χ2v) is 8.18. The molecule has 1 atom stereocenters. The molecule has 2 saturated heterocycles. The lowest BCUT2D eigenvalue weighted by Gasteiger charge is -2.21. The van der Waals surface area contributed by atoms with Crippen LogP contribution in [0.3, 0.4) is 0 Å². The first-order valence-electron chi connectivity index (χ1n) is 10.2. The van der Waals surface area contributed by atoms with E-state index in [2.05, 4.69) is 10.2 Å². The average molecular weight is 373 g/mol. The monoisotopic (exact) mass is 373 g/mol. The fraction of sp³-hybridized carbons (Fsp3) is 0.619. The van der Waals surface area contributed by atoms with E-state index in [0.29, 0.717) is 18.7 Å². The van der Waals surface area contributed by atoms with Gasteiger partial charge >= 0.3 is 0 Å². The van der Waals surface area contributed by atoms with Crippen molar-refractivity contribution in [2.24, 2.45) is 5.92 Å². The molecular formula is C21H28FN3O2. The predicted octanol–water partition coefficient (Wildman–Crippen LogP) is 2.95. The van der Waals surface area contributed by atoms with Gasteiger partial charge in [-0.05, 0) is 49.8 Å². The third-order valence-electron chi connectivity index (χ3n) is 6.18. The molecule has 2 amide bonds. The molecular weight excluding hydrogens is 345 g/mol. The summed E-state index contributed by atoms with van der Waals surface area (Å²) in [6.07, 6.45) is 7.54. The smallest absolute Gasteiger partial charge is 0.254 e. The average Bonchev–Trinajstić information content (AvgIpc) is 3.39. The van der Waals surface area contributed by atoms with Crippen molar-refractivity contribution in [2.45, 2.75) is 51.0 Å². The van der Waals surface area contributed by atoms with Gasteiger partial charge in [0, 0.05) is 44.3 Å². The molecule has 2 heterocycles. The van der Waals surface area contributed by atoms with Crippen molar-refractivity contribution in [1.29, 1.82) is 0 Å². The molecule has 6 heteroatoms. The zero-order valence-corrected chi connectivity index (χ0v) is 15.8. The zero-order chi connectivity index (χ0) is 18.8. The quantitative estimate of drug-likeness (QED) is 0.863. The van der Waals surface area contributed by atoms with E-state index in [4.69, 9.17) is 0 Å². The lowest BCUT2D eigenvalue weighted by Crippen LogP contribution is -2.38. The minimum atomic E-state index is -0.538. The number of amides is 2. The Bertz CT molecular complexity index is 717. The Balaban J connectivity index is 1.37. The first-order chi connectivity index (χ1) is 13.1. The van der Waals surface area contributed by atoms with Crippen molar-refractivity contribution >= 4 is 17.5 Å². The fourth-order valence-corrected chi connectivity index (χ4v) is 4.71. The highest BCUT2D eigenvalue weighted by atomic mass is 19.1. The summed E-state index contributed by atoms with van der Waals surface area (Å²) in [7, 11) is 0. The summed E-state index contributed by atoms with van der Waals surface area (Å²) >= 11 is 0. The zero-order valence-electron chi connectivity index (χ0n) is 15.8. The standard InChI is InChI=1S/C21H28FN3O2/c22-19-8-7-17(25-10-3-6-20(25)26)12-18(19)21(27)23-16-9-11-24(14-16)13-15-4-1-2-5-15/h7-8,12,15-16H,1-6,9-11,13-14H2,(H,23,27). The van der Waals surface area contributed by atoms with Gasteiger partial charge in [0.25, 0.3) is 5.91 Å². The fourth-order valence-electron chi connectivity index (χ4n) is 4.71. The van der Waals surface area contributed by atoms with Crippen LogP contribution >= 0.6 is 0 Å². The van der Waals surface area contributed by atoms with E-state index in [1.165, 1.54) is 37.8 Å². The Morgan fingerprint density at radius 2 is 1.96 bits per heavy atom. The van der Waals surface area contributed by atoms with Crippen LogP contribution in [0, 0.1) is 11.7 Å². The van der Waals surface area contributed by atoms with Gasteiger partial charge in [0.1, 0.15) is 5.82 Å². The van der Waals surface area contributed by atoms with E-state index >= 15 is 0 Å². The van der Waals surface area contributed by atoms with Gasteiger partial charge in [-0.3, -0.25) is 9.59 Å². The molecule has 2 aliphatic heterocycles. The Kier molecular flexibility index (Phi) is 5.43. The number of hydrogen-bond acceptors (Lipinski definition) is 3. The van der Waals surface area contributed by atoms with Crippen LogP contribution in [0.4, 0.5) is 10.1 Å². The van der Waals surface area contributed by atoms with E-state index in [0.717, 1.165) is 38.4 Å². The van der Waals surface area contributed by atoms with Crippen molar-refractivity contribution in [3.8, 4) is 0 Å². The van der Waals surface area contributed by atoms with Gasteiger partial charge < -0.3 is 15.1 Å². The van der Waals surface area contributed by atoms with Gasteiger partial charge in [-0.25, -0.2) is 4.39 Å². The molecule has 1 aliphatic carbocycles. The lowest BCUT2D eigenvalue weighted by atomic mass is 10.1. The van der Waals surface area contributed by atoms with E-state index in [9.17, 15) is 14.0 Å². The Labute approximate surface area is 159 Å². The number of nitrogens with zero attached hydrogens (tertiary/aromatic N) is 2. The first kappa shape index (κ1) is 18.4. The second kappa shape index (κ2) is 7.97. The maximum Gasteiger partial charge on any atom is 0.254 e. The molecule has 4 rings (SSSR count). The van der Waals surface area contributed by atoms with Crippen molar-refractivity contribution < 1.29 is 14.0 Å². The largest absolute Gasteiger partial charge is 0.348 e. The Hall–Kier alpha value is -1.95. The molecule has 1 N–H and O–H groups in total. The molecule has 0 radical (unpaired) electrons. The van der Waals surface area contributed by atoms with Gasteiger partial charge in [-0.15, -0.1) is 0 Å². The molecule has 0 spiro atoms. The molecule has 27 heavy (non-hydrogen) atoms. The van der Waals surface area contributed by atoms with Gasteiger partial charge in [-0.2, -0.15) is 0 Å². The number of carbonyl (C=O) groups is 2. The highest BCUT2D eigenvalue weighted by Crippen LogP contribution is 2.27. The molecule has 146 valence electrons. The molecule has 3 fully saturated rings. The highest BCUT2D eigenvalue weighted by Gasteiger charge is 2.28. The predicted molar refractivity (Wildman–Crippen MR) is 102 cm³/mol. The van der Waals surface area contributed by atoms with Crippen LogP contribution in [0.2, 0.25) is 0 Å². The van der Waals surface area contributed by atoms with Gasteiger partial charge in [0.15, 0.2) is 0 Å². The minimum Gasteiger partial charge on any atom is -0.348 e.